The van der Waals surface area contributed by atoms with Crippen LogP contribution in [0.25, 0.3) is 5.52 Å². The number of ether oxygens (including phenoxy) is 3. The van der Waals surface area contributed by atoms with E-state index in [0.29, 0.717) is 6.04 Å². The summed E-state index contributed by atoms with van der Waals surface area (Å²) < 4.78 is 21.4. The minimum Gasteiger partial charge on any atom is -0.362 e. The van der Waals surface area contributed by atoms with Crippen LogP contribution in [0.2, 0.25) is 0 Å². The van der Waals surface area contributed by atoms with Gasteiger partial charge in [0.1, 0.15) is 35.8 Å². The van der Waals surface area contributed by atoms with Crippen molar-refractivity contribution in [1.29, 1.82) is 0 Å². The molecule has 0 radical (unpaired) electrons. The quantitative estimate of drug-likeness (QED) is 0.584. The molecule has 3 aliphatic rings. The Kier molecular flexibility index (Phi) is 6.24. The van der Waals surface area contributed by atoms with Gasteiger partial charge in [-0.15, -0.1) is 11.8 Å². The Morgan fingerprint density at radius 3 is 2.81 bits per heavy atom. The molecule has 9 heteroatoms. The van der Waals surface area contributed by atoms with Gasteiger partial charge in [-0.05, 0) is 78.7 Å². The zero-order chi connectivity index (χ0) is 22.5. The van der Waals surface area contributed by atoms with Crippen molar-refractivity contribution in [3.63, 3.8) is 0 Å². The highest BCUT2D eigenvalue weighted by Gasteiger charge is 2.56. The molecule has 0 saturated carbocycles. The molecular weight excluding hydrogens is 426 g/mol. The van der Waals surface area contributed by atoms with Crippen molar-refractivity contribution in [1.82, 2.24) is 24.4 Å². The zero-order valence-electron chi connectivity index (χ0n) is 19.7. The van der Waals surface area contributed by atoms with E-state index in [1.54, 1.807) is 18.1 Å². The highest BCUT2D eigenvalue weighted by molar-refractivity contribution is 7.98. The summed E-state index contributed by atoms with van der Waals surface area (Å²) >= 11 is 1.62. The van der Waals surface area contributed by atoms with Crippen molar-refractivity contribution in [2.75, 3.05) is 40.0 Å². The third-order valence-electron chi connectivity index (χ3n) is 6.90. The van der Waals surface area contributed by atoms with Gasteiger partial charge in [0.25, 0.3) is 0 Å². The third kappa shape index (κ3) is 4.19. The lowest BCUT2D eigenvalue weighted by Crippen LogP contribution is -2.42. The molecule has 176 valence electrons. The predicted molar refractivity (Wildman–Crippen MR) is 124 cm³/mol. The lowest BCUT2D eigenvalue weighted by atomic mass is 10.0. The highest BCUT2D eigenvalue weighted by Crippen LogP contribution is 2.46. The number of aromatic nitrogens is 3. The summed E-state index contributed by atoms with van der Waals surface area (Å²) in [6, 6.07) is 4.78. The summed E-state index contributed by atoms with van der Waals surface area (Å²) in [7, 11) is 4.29. The Morgan fingerprint density at radius 2 is 2.03 bits per heavy atom. The standard InChI is InChI=1S/C23H35N5O3S/c1-23(2)30-20-18(13-27-11-6-7-15(27)10-12-26(3)4)29-19(21(20)31-23)16-8-9-17-22(32-5)24-14-25-28(16)17/h8-9,14-15,18-21H,6-7,10-13H2,1-5H3/t15-,18+,19-,20+,21-/m0/s1. The molecule has 32 heavy (non-hydrogen) atoms. The van der Waals surface area contributed by atoms with E-state index < -0.39 is 5.79 Å². The van der Waals surface area contributed by atoms with E-state index in [1.165, 1.54) is 19.3 Å². The van der Waals surface area contributed by atoms with Gasteiger partial charge in [0.05, 0.1) is 11.2 Å². The van der Waals surface area contributed by atoms with E-state index in [2.05, 4.69) is 46.1 Å². The fourth-order valence-corrected chi connectivity index (χ4v) is 5.99. The van der Waals surface area contributed by atoms with Crippen LogP contribution in [-0.2, 0) is 14.2 Å². The zero-order valence-corrected chi connectivity index (χ0v) is 20.5. The second kappa shape index (κ2) is 8.85. The third-order valence-corrected chi connectivity index (χ3v) is 7.60. The Balaban J connectivity index is 1.39. The first-order valence-electron chi connectivity index (χ1n) is 11.6. The number of hydrogen-bond donors (Lipinski definition) is 0. The number of likely N-dealkylation sites (tertiary alicyclic amines) is 1. The van der Waals surface area contributed by atoms with Crippen LogP contribution in [0.1, 0.15) is 44.9 Å². The molecular formula is C23H35N5O3S. The maximum absolute atomic E-state index is 6.69. The van der Waals surface area contributed by atoms with Gasteiger partial charge >= 0.3 is 0 Å². The molecule has 0 bridgehead atoms. The van der Waals surface area contributed by atoms with Gasteiger partial charge in [0.15, 0.2) is 5.79 Å². The first kappa shape index (κ1) is 22.6. The van der Waals surface area contributed by atoms with Crippen molar-refractivity contribution >= 4 is 17.3 Å². The summed E-state index contributed by atoms with van der Waals surface area (Å²) in [6.45, 7) is 7.12. The van der Waals surface area contributed by atoms with E-state index in [-0.39, 0.29) is 24.4 Å². The van der Waals surface area contributed by atoms with Gasteiger partial charge in [-0.2, -0.15) is 5.10 Å². The fourth-order valence-electron chi connectivity index (χ4n) is 5.47. The normalized spacial score (nSPS) is 32.4. The molecule has 0 unspecified atom stereocenters. The van der Waals surface area contributed by atoms with Crippen LogP contribution in [0.15, 0.2) is 23.5 Å². The Labute approximate surface area is 194 Å². The second-order valence-corrected chi connectivity index (χ2v) is 10.7. The molecule has 0 N–H and O–H groups in total. The molecule has 5 atom stereocenters. The van der Waals surface area contributed by atoms with Gasteiger partial charge in [0, 0.05) is 12.6 Å². The maximum atomic E-state index is 6.69. The van der Waals surface area contributed by atoms with Crippen molar-refractivity contribution in [3.8, 4) is 0 Å². The molecule has 2 aromatic heterocycles. The van der Waals surface area contributed by atoms with E-state index in [4.69, 9.17) is 14.2 Å². The van der Waals surface area contributed by atoms with Crippen molar-refractivity contribution < 1.29 is 14.2 Å². The molecule has 0 aromatic carbocycles. The number of rotatable bonds is 7. The van der Waals surface area contributed by atoms with Gasteiger partial charge in [-0.25, -0.2) is 9.50 Å². The first-order chi connectivity index (χ1) is 15.4. The summed E-state index contributed by atoms with van der Waals surface area (Å²) in [6.07, 6.45) is 6.87. The van der Waals surface area contributed by atoms with Gasteiger partial charge in [-0.1, -0.05) is 0 Å². The monoisotopic (exact) mass is 461 g/mol. The molecule has 0 amide bonds. The maximum Gasteiger partial charge on any atom is 0.164 e. The van der Waals surface area contributed by atoms with Gasteiger partial charge < -0.3 is 19.1 Å². The van der Waals surface area contributed by atoms with Crippen LogP contribution >= 0.6 is 11.8 Å². The van der Waals surface area contributed by atoms with Crippen molar-refractivity contribution in [2.45, 2.75) is 74.4 Å². The molecule has 8 nitrogen and oxygen atoms in total. The fraction of sp³-hybridized carbons (Fsp3) is 0.739. The van der Waals surface area contributed by atoms with Crippen molar-refractivity contribution in [3.05, 3.63) is 24.2 Å². The average molecular weight is 462 g/mol. The van der Waals surface area contributed by atoms with E-state index in [0.717, 1.165) is 35.9 Å². The highest BCUT2D eigenvalue weighted by atomic mass is 32.2. The van der Waals surface area contributed by atoms with E-state index >= 15 is 0 Å². The molecule has 0 aliphatic carbocycles. The largest absolute Gasteiger partial charge is 0.362 e. The minimum atomic E-state index is -0.614. The summed E-state index contributed by atoms with van der Waals surface area (Å²) in [5.41, 5.74) is 2.00. The van der Waals surface area contributed by atoms with Gasteiger partial charge in [-0.3, -0.25) is 4.90 Å². The lowest BCUT2D eigenvalue weighted by molar-refractivity contribution is -0.190. The summed E-state index contributed by atoms with van der Waals surface area (Å²) in [5, 5.41) is 5.49. The van der Waals surface area contributed by atoms with E-state index in [1.807, 2.05) is 24.6 Å². The average Bonchev–Trinajstić information content (AvgIpc) is 3.50. The molecule has 2 aromatic rings. The number of nitrogens with zero attached hydrogens (tertiary/aromatic N) is 5. The molecule has 5 rings (SSSR count). The van der Waals surface area contributed by atoms with Crippen LogP contribution in [-0.4, -0.2) is 94.5 Å². The summed E-state index contributed by atoms with van der Waals surface area (Å²) in [4.78, 5) is 9.28. The van der Waals surface area contributed by atoms with E-state index in [9.17, 15) is 0 Å². The lowest BCUT2D eigenvalue weighted by Gasteiger charge is -2.30. The minimum absolute atomic E-state index is 0.0286. The topological polar surface area (TPSA) is 64.4 Å². The van der Waals surface area contributed by atoms with Crippen LogP contribution in [0.5, 0.6) is 0 Å². The number of thioether (sulfide) groups is 1. The van der Waals surface area contributed by atoms with Crippen LogP contribution in [0.4, 0.5) is 0 Å². The van der Waals surface area contributed by atoms with Crippen molar-refractivity contribution in [2.24, 2.45) is 0 Å². The smallest absolute Gasteiger partial charge is 0.164 e. The molecule has 5 heterocycles. The SMILES string of the molecule is CSc1ncnn2c([C@@H]3O[C@H](CN4CCC[C@H]4CCN(C)C)[C@H]4OC(C)(C)O[C@H]43)ccc12. The Bertz CT molecular complexity index is 951. The molecule has 3 aliphatic heterocycles. The van der Waals surface area contributed by atoms with Crippen LogP contribution in [0, 0.1) is 0 Å². The number of fused-ring (bicyclic) bond motifs is 2. The Hall–Kier alpha value is -1.23. The Morgan fingerprint density at radius 1 is 1.22 bits per heavy atom. The molecule has 3 fully saturated rings. The second-order valence-electron chi connectivity index (χ2n) is 9.87. The van der Waals surface area contributed by atoms with Crippen LogP contribution in [0.3, 0.4) is 0 Å². The van der Waals surface area contributed by atoms with Gasteiger partial charge in [0.2, 0.25) is 0 Å². The van der Waals surface area contributed by atoms with Crippen LogP contribution < -0.4 is 0 Å². The number of hydrogen-bond acceptors (Lipinski definition) is 8. The molecule has 3 saturated heterocycles. The molecule has 0 spiro atoms. The predicted octanol–water partition coefficient (Wildman–Crippen LogP) is 2.83. The first-order valence-corrected chi connectivity index (χ1v) is 12.9. The summed E-state index contributed by atoms with van der Waals surface area (Å²) in [5.74, 6) is -0.614.